The number of carboxylic acid groups (broad SMARTS) is 1. The fraction of sp³-hybridized carbons (Fsp3) is 0.714. The van der Waals surface area contributed by atoms with Crippen LogP contribution in [0.25, 0.3) is 0 Å². The minimum atomic E-state index is -1.08. The van der Waals surface area contributed by atoms with Gasteiger partial charge in [0.05, 0.1) is 6.54 Å². The van der Waals surface area contributed by atoms with Crippen molar-refractivity contribution in [2.24, 2.45) is 11.8 Å². The van der Waals surface area contributed by atoms with Gasteiger partial charge in [-0.25, -0.2) is 4.79 Å². The van der Waals surface area contributed by atoms with Crippen molar-refractivity contribution in [2.45, 2.75) is 40.7 Å². The van der Waals surface area contributed by atoms with Crippen LogP contribution in [-0.4, -0.2) is 52.9 Å². The van der Waals surface area contributed by atoms with Crippen LogP contribution in [0, 0.1) is 17.2 Å². The second kappa shape index (κ2) is 9.01. The molecule has 0 unspecified atom stereocenters. The molecule has 0 saturated heterocycles. The van der Waals surface area contributed by atoms with Crippen LogP contribution < -0.4 is 10.6 Å². The van der Waals surface area contributed by atoms with E-state index in [4.69, 9.17) is 10.5 Å². The number of carbonyl (C=O) groups excluding carboxylic acids is 2. The van der Waals surface area contributed by atoms with Crippen LogP contribution in [0.1, 0.15) is 34.6 Å². The lowest BCUT2D eigenvalue weighted by atomic mass is 10.1. The average molecular weight is 314 g/mol. The van der Waals surface area contributed by atoms with Gasteiger partial charge in [0.2, 0.25) is 11.8 Å². The van der Waals surface area contributed by atoms with Crippen molar-refractivity contribution in [3.05, 3.63) is 0 Å². The highest BCUT2D eigenvalue weighted by Gasteiger charge is 2.27. The summed E-state index contributed by atoms with van der Waals surface area (Å²) in [6.45, 7) is 8.51. The first-order chi connectivity index (χ1) is 10.1. The first-order valence-electron chi connectivity index (χ1n) is 7.18. The number of rotatable bonds is 7. The number of nitrogens with zero attached hydrogens (tertiary/aromatic N) is 1. The summed E-state index contributed by atoms with van der Waals surface area (Å²) in [7, 11) is 0. The maximum atomic E-state index is 12.1. The third kappa shape index (κ3) is 7.05. The van der Waals surface area contributed by atoms with Gasteiger partial charge in [-0.15, -0.1) is 0 Å². The number of carbonyl (C=O) groups is 3. The maximum absolute atomic E-state index is 12.1. The Hall–Kier alpha value is -2.12. The topological polar surface area (TPSA) is 123 Å². The van der Waals surface area contributed by atoms with Gasteiger partial charge in [0.25, 0.3) is 0 Å². The van der Waals surface area contributed by atoms with Gasteiger partial charge in [0, 0.05) is 13.5 Å². The molecule has 1 atom stereocenters. The molecule has 0 bridgehead atoms. The molecule has 2 amide bonds. The molecule has 0 fully saturated rings. The lowest BCUT2D eigenvalue weighted by Crippen LogP contribution is -2.54. The normalized spacial score (nSPS) is 12.0. The Morgan fingerprint density at radius 3 is 2.09 bits per heavy atom. The SMILES string of the molecule is CC(=O)NCC(=O)N(CC(C)C)C(=N)N[C@H](C(=O)O)C(C)C. The zero-order valence-corrected chi connectivity index (χ0v) is 13.8. The van der Waals surface area contributed by atoms with Crippen LogP contribution in [0.3, 0.4) is 0 Å². The van der Waals surface area contributed by atoms with Gasteiger partial charge in [0.15, 0.2) is 5.96 Å². The fourth-order valence-electron chi connectivity index (χ4n) is 1.72. The van der Waals surface area contributed by atoms with Crippen LogP contribution in [0.5, 0.6) is 0 Å². The Balaban J connectivity index is 5.00. The van der Waals surface area contributed by atoms with Gasteiger partial charge in [0.1, 0.15) is 6.04 Å². The highest BCUT2D eigenvalue weighted by molar-refractivity contribution is 5.98. The predicted molar refractivity (Wildman–Crippen MR) is 82.4 cm³/mol. The van der Waals surface area contributed by atoms with Crippen molar-refractivity contribution >= 4 is 23.7 Å². The zero-order valence-electron chi connectivity index (χ0n) is 13.8. The molecule has 0 aliphatic carbocycles. The van der Waals surface area contributed by atoms with Crippen LogP contribution in [0.2, 0.25) is 0 Å². The molecule has 0 rings (SSSR count). The Kier molecular flexibility index (Phi) is 8.14. The van der Waals surface area contributed by atoms with Gasteiger partial charge < -0.3 is 15.7 Å². The smallest absolute Gasteiger partial charge is 0.326 e. The Morgan fingerprint density at radius 1 is 1.18 bits per heavy atom. The molecule has 0 aromatic heterocycles. The van der Waals surface area contributed by atoms with E-state index in [9.17, 15) is 14.4 Å². The van der Waals surface area contributed by atoms with E-state index in [-0.39, 0.29) is 36.8 Å². The van der Waals surface area contributed by atoms with E-state index in [2.05, 4.69) is 10.6 Å². The summed E-state index contributed by atoms with van der Waals surface area (Å²) in [5, 5.41) is 22.1. The molecule has 8 nitrogen and oxygen atoms in total. The van der Waals surface area contributed by atoms with Crippen molar-refractivity contribution < 1.29 is 19.5 Å². The lowest BCUT2D eigenvalue weighted by Gasteiger charge is -2.28. The third-order valence-electron chi connectivity index (χ3n) is 2.83. The molecule has 8 heteroatoms. The predicted octanol–water partition coefficient (Wildman–Crippen LogP) is 0.241. The molecular formula is C14H26N4O4. The Morgan fingerprint density at radius 2 is 1.73 bits per heavy atom. The minimum Gasteiger partial charge on any atom is -0.480 e. The average Bonchev–Trinajstić information content (AvgIpc) is 2.38. The number of amides is 2. The highest BCUT2D eigenvalue weighted by atomic mass is 16.4. The van der Waals surface area contributed by atoms with Gasteiger partial charge >= 0.3 is 5.97 Å². The number of hydrogen-bond donors (Lipinski definition) is 4. The first kappa shape index (κ1) is 19.9. The summed E-state index contributed by atoms with van der Waals surface area (Å²) in [6, 6.07) is -0.962. The van der Waals surface area contributed by atoms with E-state index in [0.717, 1.165) is 4.90 Å². The van der Waals surface area contributed by atoms with E-state index in [1.165, 1.54) is 6.92 Å². The Bertz CT molecular complexity index is 435. The molecule has 22 heavy (non-hydrogen) atoms. The number of carboxylic acids is 1. The van der Waals surface area contributed by atoms with Crippen molar-refractivity contribution in [1.29, 1.82) is 5.41 Å². The summed E-state index contributed by atoms with van der Waals surface area (Å²) in [5.41, 5.74) is 0. The minimum absolute atomic E-state index is 0.0887. The van der Waals surface area contributed by atoms with Crippen molar-refractivity contribution in [3.8, 4) is 0 Å². The van der Waals surface area contributed by atoms with E-state index >= 15 is 0 Å². The second-order valence-corrected chi connectivity index (χ2v) is 5.86. The molecule has 0 aliphatic heterocycles. The van der Waals surface area contributed by atoms with Gasteiger partial charge in [-0.05, 0) is 11.8 Å². The van der Waals surface area contributed by atoms with E-state index in [1.54, 1.807) is 13.8 Å². The molecule has 0 radical (unpaired) electrons. The number of aliphatic carboxylic acids is 1. The molecular weight excluding hydrogens is 288 g/mol. The first-order valence-corrected chi connectivity index (χ1v) is 7.18. The van der Waals surface area contributed by atoms with E-state index < -0.39 is 17.9 Å². The van der Waals surface area contributed by atoms with Crippen molar-refractivity contribution in [3.63, 3.8) is 0 Å². The molecule has 4 N–H and O–H groups in total. The zero-order chi connectivity index (χ0) is 17.4. The van der Waals surface area contributed by atoms with Gasteiger partial charge in [-0.1, -0.05) is 27.7 Å². The lowest BCUT2D eigenvalue weighted by molar-refractivity contribution is -0.140. The second-order valence-electron chi connectivity index (χ2n) is 5.86. The van der Waals surface area contributed by atoms with Gasteiger partial charge in [-0.3, -0.25) is 19.9 Å². The summed E-state index contributed by atoms with van der Waals surface area (Å²) in [6.07, 6.45) is 0. The van der Waals surface area contributed by atoms with Crippen LogP contribution in [0.4, 0.5) is 0 Å². The number of guanidine groups is 1. The van der Waals surface area contributed by atoms with Crippen LogP contribution in [-0.2, 0) is 14.4 Å². The Labute approximate surface area is 130 Å². The molecule has 0 aromatic carbocycles. The molecule has 0 heterocycles. The molecule has 0 aromatic rings. The fourth-order valence-corrected chi connectivity index (χ4v) is 1.72. The van der Waals surface area contributed by atoms with Crippen LogP contribution >= 0.6 is 0 Å². The van der Waals surface area contributed by atoms with Crippen molar-refractivity contribution in [1.82, 2.24) is 15.5 Å². The third-order valence-corrected chi connectivity index (χ3v) is 2.83. The van der Waals surface area contributed by atoms with E-state index in [0.29, 0.717) is 0 Å². The van der Waals surface area contributed by atoms with E-state index in [1.807, 2.05) is 13.8 Å². The monoisotopic (exact) mass is 314 g/mol. The number of hydrogen-bond acceptors (Lipinski definition) is 4. The number of nitrogens with one attached hydrogen (secondary N) is 3. The van der Waals surface area contributed by atoms with Gasteiger partial charge in [-0.2, -0.15) is 0 Å². The largest absolute Gasteiger partial charge is 0.480 e. The highest BCUT2D eigenvalue weighted by Crippen LogP contribution is 2.05. The summed E-state index contributed by atoms with van der Waals surface area (Å²) in [4.78, 5) is 35.4. The standard InChI is InChI=1S/C14H26N4O4/c1-8(2)7-18(11(20)6-16-10(5)19)14(15)17-12(9(3)4)13(21)22/h8-9,12H,6-7H2,1-5H3,(H2,15,17)(H,16,19)(H,21,22)/t12-/m0/s1. The summed E-state index contributed by atoms with van der Waals surface area (Å²) >= 11 is 0. The molecule has 0 saturated carbocycles. The summed E-state index contributed by atoms with van der Waals surface area (Å²) < 4.78 is 0. The molecule has 126 valence electrons. The summed E-state index contributed by atoms with van der Waals surface area (Å²) in [5.74, 6) is -2.32. The maximum Gasteiger partial charge on any atom is 0.326 e. The molecule has 0 spiro atoms. The quantitative estimate of drug-likeness (QED) is 0.396. The molecule has 0 aliphatic rings. The van der Waals surface area contributed by atoms with Crippen molar-refractivity contribution in [2.75, 3.05) is 13.1 Å². The van der Waals surface area contributed by atoms with Crippen LogP contribution in [0.15, 0.2) is 0 Å².